The number of ether oxygens (including phenoxy) is 1. The van der Waals surface area contributed by atoms with Crippen molar-refractivity contribution < 1.29 is 4.74 Å². The van der Waals surface area contributed by atoms with Crippen LogP contribution in [0.1, 0.15) is 20.3 Å². The third-order valence-electron chi connectivity index (χ3n) is 3.16. The van der Waals surface area contributed by atoms with Gasteiger partial charge < -0.3 is 4.74 Å². The minimum atomic E-state index is 0.109. The van der Waals surface area contributed by atoms with Crippen molar-refractivity contribution in [2.75, 3.05) is 6.61 Å². The van der Waals surface area contributed by atoms with Gasteiger partial charge in [-0.1, -0.05) is 35.9 Å². The van der Waals surface area contributed by atoms with E-state index in [-0.39, 0.29) is 16.9 Å². The molecule has 0 amide bonds. The summed E-state index contributed by atoms with van der Waals surface area (Å²) >= 11 is 10.1. The van der Waals surface area contributed by atoms with E-state index in [1.54, 1.807) is 0 Å². The van der Waals surface area contributed by atoms with Gasteiger partial charge in [0.1, 0.15) is 0 Å². The molecule has 13 heavy (non-hydrogen) atoms. The van der Waals surface area contributed by atoms with Crippen LogP contribution in [-0.2, 0) is 4.74 Å². The van der Waals surface area contributed by atoms with Gasteiger partial charge in [0, 0.05) is 4.83 Å². The van der Waals surface area contributed by atoms with Crippen molar-refractivity contribution in [3.8, 4) is 0 Å². The summed E-state index contributed by atoms with van der Waals surface area (Å²) < 4.78 is 5.58. The Labute approximate surface area is 92.6 Å². The molecule has 0 spiro atoms. The van der Waals surface area contributed by atoms with E-state index >= 15 is 0 Å². The number of hydrogen-bond acceptors (Lipinski definition) is 1. The Bertz CT molecular complexity index is 249. The molecule has 0 bridgehead atoms. The molecule has 3 atom stereocenters. The molecule has 0 radical (unpaired) electrons. The minimum absolute atomic E-state index is 0.109. The second-order valence-corrected chi connectivity index (χ2v) is 5.96. The molecule has 1 heterocycles. The van der Waals surface area contributed by atoms with Gasteiger partial charge >= 0.3 is 0 Å². The van der Waals surface area contributed by atoms with Gasteiger partial charge in [-0.25, -0.2) is 0 Å². The fourth-order valence-corrected chi connectivity index (χ4v) is 3.18. The molecule has 1 saturated carbocycles. The molecule has 1 aliphatic carbocycles. The zero-order valence-electron chi connectivity index (χ0n) is 7.89. The summed E-state index contributed by atoms with van der Waals surface area (Å²) in [5, 5.41) is 0.109. The molecule has 0 N–H and O–H groups in total. The molecule has 1 fully saturated rings. The number of rotatable bonds is 0. The highest BCUT2D eigenvalue weighted by molar-refractivity contribution is 9.09. The van der Waals surface area contributed by atoms with Gasteiger partial charge in [-0.2, -0.15) is 0 Å². The lowest BCUT2D eigenvalue weighted by Crippen LogP contribution is -2.44. The summed E-state index contributed by atoms with van der Waals surface area (Å²) in [5.74, 6) is 0. The predicted octanol–water partition coefficient (Wildman–Crippen LogP) is 3.11. The van der Waals surface area contributed by atoms with Crippen molar-refractivity contribution in [2.24, 2.45) is 5.41 Å². The van der Waals surface area contributed by atoms with Gasteiger partial charge in [0.15, 0.2) is 0 Å². The standard InChI is InChI=1S/C10H14BrClO/c1-10(2)8(11)5-7-6(9(10)12)3-4-13-7/h3,7-9H,4-5H2,1-2H3/t7-,8+,9+/m1/s1. The summed E-state index contributed by atoms with van der Waals surface area (Å²) in [5.41, 5.74) is 1.42. The van der Waals surface area contributed by atoms with Crippen LogP contribution in [0.2, 0.25) is 0 Å². The van der Waals surface area contributed by atoms with Crippen molar-refractivity contribution in [2.45, 2.75) is 36.6 Å². The van der Waals surface area contributed by atoms with E-state index in [9.17, 15) is 0 Å². The summed E-state index contributed by atoms with van der Waals surface area (Å²) in [6, 6.07) is 0. The molecule has 0 saturated heterocycles. The molecule has 0 aromatic carbocycles. The lowest BCUT2D eigenvalue weighted by atomic mass is 9.73. The Morgan fingerprint density at radius 3 is 3.00 bits per heavy atom. The summed E-state index contributed by atoms with van der Waals surface area (Å²) in [6.07, 6.45) is 3.45. The fraction of sp³-hybridized carbons (Fsp3) is 0.800. The lowest BCUT2D eigenvalue weighted by Gasteiger charge is -2.42. The molecule has 1 aliphatic heterocycles. The van der Waals surface area contributed by atoms with Crippen molar-refractivity contribution in [1.82, 2.24) is 0 Å². The Hall–Kier alpha value is 0.470. The highest BCUT2D eigenvalue weighted by atomic mass is 79.9. The Morgan fingerprint density at radius 1 is 1.62 bits per heavy atom. The van der Waals surface area contributed by atoms with Crippen LogP contribution < -0.4 is 0 Å². The van der Waals surface area contributed by atoms with Crippen LogP contribution in [0.3, 0.4) is 0 Å². The first-order valence-electron chi connectivity index (χ1n) is 4.63. The summed E-state index contributed by atoms with van der Waals surface area (Å²) in [7, 11) is 0. The van der Waals surface area contributed by atoms with E-state index in [0.717, 1.165) is 13.0 Å². The number of fused-ring (bicyclic) bond motifs is 1. The Kier molecular flexibility index (Phi) is 2.50. The predicted molar refractivity (Wildman–Crippen MR) is 58.6 cm³/mol. The SMILES string of the molecule is CC1(C)[C@@H](Br)C[C@H]2OCC=C2[C@@H]1Cl. The first-order chi connectivity index (χ1) is 6.03. The molecule has 0 unspecified atom stereocenters. The monoisotopic (exact) mass is 264 g/mol. The molecule has 3 heteroatoms. The van der Waals surface area contributed by atoms with Crippen LogP contribution in [0.15, 0.2) is 11.6 Å². The van der Waals surface area contributed by atoms with Crippen LogP contribution in [-0.4, -0.2) is 22.9 Å². The molecule has 0 aromatic heterocycles. The van der Waals surface area contributed by atoms with Gasteiger partial charge in [0.05, 0.1) is 18.1 Å². The van der Waals surface area contributed by atoms with Gasteiger partial charge in [0.25, 0.3) is 0 Å². The maximum atomic E-state index is 6.43. The first-order valence-corrected chi connectivity index (χ1v) is 5.98. The minimum Gasteiger partial charge on any atom is -0.370 e. The van der Waals surface area contributed by atoms with E-state index in [1.165, 1.54) is 5.57 Å². The Morgan fingerprint density at radius 2 is 2.31 bits per heavy atom. The van der Waals surface area contributed by atoms with Crippen molar-refractivity contribution in [3.05, 3.63) is 11.6 Å². The van der Waals surface area contributed by atoms with Gasteiger partial charge in [0.2, 0.25) is 0 Å². The average Bonchev–Trinajstić information content (AvgIpc) is 2.49. The molecule has 0 aromatic rings. The highest BCUT2D eigenvalue weighted by Gasteiger charge is 2.46. The first kappa shape index (κ1) is 10.0. The van der Waals surface area contributed by atoms with Crippen molar-refractivity contribution in [1.29, 1.82) is 0 Å². The smallest absolute Gasteiger partial charge is 0.0815 e. The van der Waals surface area contributed by atoms with Crippen molar-refractivity contribution in [3.63, 3.8) is 0 Å². The second kappa shape index (κ2) is 3.25. The van der Waals surface area contributed by atoms with Crippen LogP contribution in [0.5, 0.6) is 0 Å². The lowest BCUT2D eigenvalue weighted by molar-refractivity contribution is 0.0861. The van der Waals surface area contributed by atoms with Gasteiger partial charge in [-0.3, -0.25) is 0 Å². The van der Waals surface area contributed by atoms with Crippen molar-refractivity contribution >= 4 is 27.5 Å². The highest BCUT2D eigenvalue weighted by Crippen LogP contribution is 2.47. The van der Waals surface area contributed by atoms with E-state index in [4.69, 9.17) is 16.3 Å². The maximum absolute atomic E-state index is 6.43. The topological polar surface area (TPSA) is 9.23 Å². The number of hydrogen-bond donors (Lipinski definition) is 0. The summed E-state index contributed by atoms with van der Waals surface area (Å²) in [6.45, 7) is 5.15. The van der Waals surface area contributed by atoms with E-state index < -0.39 is 0 Å². The molecule has 2 aliphatic rings. The molecular weight excluding hydrogens is 251 g/mol. The molecular formula is C10H14BrClO. The second-order valence-electron chi connectivity index (χ2n) is 4.41. The third-order valence-corrected chi connectivity index (χ3v) is 5.53. The van der Waals surface area contributed by atoms with Gasteiger partial charge in [-0.05, 0) is 17.4 Å². The maximum Gasteiger partial charge on any atom is 0.0815 e. The Balaban J connectivity index is 2.28. The van der Waals surface area contributed by atoms with E-state index in [0.29, 0.717) is 4.83 Å². The van der Waals surface area contributed by atoms with Crippen LogP contribution >= 0.6 is 27.5 Å². The van der Waals surface area contributed by atoms with E-state index in [2.05, 4.69) is 35.9 Å². The quantitative estimate of drug-likeness (QED) is 0.483. The normalized spacial score (nSPS) is 42.8. The number of alkyl halides is 2. The number of halogens is 2. The van der Waals surface area contributed by atoms with Gasteiger partial charge in [-0.15, -0.1) is 11.6 Å². The molecule has 74 valence electrons. The molecule has 1 nitrogen and oxygen atoms in total. The van der Waals surface area contributed by atoms with Crippen LogP contribution in [0, 0.1) is 5.41 Å². The summed E-state index contributed by atoms with van der Waals surface area (Å²) in [4.78, 5) is 0.447. The van der Waals surface area contributed by atoms with Crippen LogP contribution in [0.25, 0.3) is 0 Å². The zero-order chi connectivity index (χ0) is 9.64. The zero-order valence-corrected chi connectivity index (χ0v) is 10.2. The largest absolute Gasteiger partial charge is 0.370 e. The average molecular weight is 266 g/mol. The fourth-order valence-electron chi connectivity index (χ4n) is 2.04. The van der Waals surface area contributed by atoms with E-state index in [1.807, 2.05) is 0 Å². The molecule has 2 rings (SSSR count). The third kappa shape index (κ3) is 1.47. The van der Waals surface area contributed by atoms with Crippen LogP contribution in [0.4, 0.5) is 0 Å².